The fraction of sp³-hybridized carbons (Fsp3) is 0.429. The van der Waals surface area contributed by atoms with Crippen LogP contribution in [0.5, 0.6) is 0 Å². The van der Waals surface area contributed by atoms with Crippen LogP contribution in [0.15, 0.2) is 18.2 Å². The third-order valence-corrected chi connectivity index (χ3v) is 3.19. The van der Waals surface area contributed by atoms with Crippen LogP contribution in [0.4, 0.5) is 4.39 Å². The molecule has 3 N–H and O–H groups in total. The highest BCUT2D eigenvalue weighted by Gasteiger charge is 2.38. The van der Waals surface area contributed by atoms with Crippen molar-refractivity contribution in [2.75, 3.05) is 6.54 Å². The van der Waals surface area contributed by atoms with Crippen LogP contribution in [0, 0.1) is 11.7 Å². The van der Waals surface area contributed by atoms with E-state index in [1.807, 2.05) is 13.8 Å². The molecule has 5 nitrogen and oxygen atoms in total. The molecule has 2 unspecified atom stereocenters. The Kier molecular flexibility index (Phi) is 6.58. The molecule has 2 atom stereocenters. The lowest BCUT2D eigenvalue weighted by Gasteiger charge is -2.12. The Bertz CT molecular complexity index is 525. The molecule has 1 aromatic carbocycles. The Hall–Kier alpha value is -1.66. The number of halogens is 2. The smallest absolute Gasteiger partial charge is 0.235 e. The van der Waals surface area contributed by atoms with Crippen LogP contribution in [-0.4, -0.2) is 29.6 Å². The molecule has 7 heteroatoms. The molecule has 0 saturated carbocycles. The Labute approximate surface area is 127 Å². The normalized spacial score (nSPS) is 20.3. The average Bonchev–Trinajstić information content (AvgIpc) is 2.81. The van der Waals surface area contributed by atoms with Crippen LogP contribution >= 0.6 is 11.6 Å². The Balaban J connectivity index is 0.00000106. The van der Waals surface area contributed by atoms with E-state index < -0.39 is 29.7 Å². The minimum Gasteiger partial charge on any atom is -0.390 e. The number of aliphatic hydroxyl groups is 1. The largest absolute Gasteiger partial charge is 0.390 e. The number of hydrogen-bond acceptors (Lipinski definition) is 3. The summed E-state index contributed by atoms with van der Waals surface area (Å²) >= 11 is 5.54. The summed E-state index contributed by atoms with van der Waals surface area (Å²) in [5.41, 5.74) is 0.517. The summed E-state index contributed by atoms with van der Waals surface area (Å²) in [5.74, 6) is -2.78. The predicted octanol–water partition coefficient (Wildman–Crippen LogP) is 1.23. The monoisotopic (exact) mass is 316 g/mol. The molecule has 0 spiro atoms. The molecule has 1 saturated heterocycles. The van der Waals surface area contributed by atoms with Crippen LogP contribution in [0.1, 0.15) is 19.4 Å². The summed E-state index contributed by atoms with van der Waals surface area (Å²) in [7, 11) is 0. The standard InChI is InChI=1S/C12H12ClFN2O3.C2H6/c13-7-2-1-6(3-8(7)14)4-15-11(18)10-9(17)5-16-12(10)19;1-2/h1-3,9-10,17H,4-5H2,(H,15,18)(H,16,19);1-2H3. The number of carbonyl (C=O) groups excluding carboxylic acids is 2. The van der Waals surface area contributed by atoms with Gasteiger partial charge in [0.25, 0.3) is 0 Å². The molecule has 1 fully saturated rings. The number of rotatable bonds is 3. The van der Waals surface area contributed by atoms with Gasteiger partial charge in [-0.2, -0.15) is 0 Å². The molecule has 0 aromatic heterocycles. The van der Waals surface area contributed by atoms with Crippen molar-refractivity contribution in [2.45, 2.75) is 26.5 Å². The van der Waals surface area contributed by atoms with E-state index in [4.69, 9.17) is 11.6 Å². The van der Waals surface area contributed by atoms with Crippen LogP contribution < -0.4 is 10.6 Å². The van der Waals surface area contributed by atoms with Gasteiger partial charge in [0.1, 0.15) is 11.7 Å². The molecular formula is C14H18ClFN2O3. The summed E-state index contributed by atoms with van der Waals surface area (Å²) in [6.45, 7) is 4.12. The first kappa shape index (κ1) is 17.4. The first-order chi connectivity index (χ1) is 9.99. The maximum atomic E-state index is 13.2. The third kappa shape index (κ3) is 4.41. The van der Waals surface area contributed by atoms with Crippen LogP contribution in [0.2, 0.25) is 5.02 Å². The second-order valence-electron chi connectivity index (χ2n) is 4.26. The van der Waals surface area contributed by atoms with Gasteiger partial charge in [0.2, 0.25) is 11.8 Å². The maximum absolute atomic E-state index is 13.2. The fourth-order valence-electron chi connectivity index (χ4n) is 1.85. The van der Waals surface area contributed by atoms with Crippen molar-refractivity contribution in [3.63, 3.8) is 0 Å². The highest BCUT2D eigenvalue weighted by atomic mass is 35.5. The first-order valence-corrected chi connectivity index (χ1v) is 7.04. The van der Waals surface area contributed by atoms with Gasteiger partial charge < -0.3 is 15.7 Å². The van der Waals surface area contributed by atoms with Crippen molar-refractivity contribution in [1.29, 1.82) is 0 Å². The zero-order valence-electron chi connectivity index (χ0n) is 11.8. The molecule has 1 aliphatic rings. The average molecular weight is 317 g/mol. The van der Waals surface area contributed by atoms with Gasteiger partial charge in [-0.25, -0.2) is 4.39 Å². The topological polar surface area (TPSA) is 78.4 Å². The Morgan fingerprint density at radius 3 is 2.71 bits per heavy atom. The number of β-amino-alcohol motifs (C(OH)–C–C–N with tert-alkyl or cyclic N) is 1. The van der Waals surface area contributed by atoms with E-state index in [0.717, 1.165) is 0 Å². The third-order valence-electron chi connectivity index (χ3n) is 2.89. The van der Waals surface area contributed by atoms with Gasteiger partial charge >= 0.3 is 0 Å². The molecule has 0 radical (unpaired) electrons. The van der Waals surface area contributed by atoms with E-state index >= 15 is 0 Å². The lowest BCUT2D eigenvalue weighted by atomic mass is 10.0. The van der Waals surface area contributed by atoms with E-state index in [9.17, 15) is 19.1 Å². The fourth-order valence-corrected chi connectivity index (χ4v) is 1.97. The van der Waals surface area contributed by atoms with Gasteiger partial charge in [-0.3, -0.25) is 9.59 Å². The summed E-state index contributed by atoms with van der Waals surface area (Å²) in [4.78, 5) is 23.1. The number of hydrogen-bond donors (Lipinski definition) is 3. The van der Waals surface area contributed by atoms with Gasteiger partial charge in [-0.05, 0) is 17.7 Å². The van der Waals surface area contributed by atoms with Crippen LogP contribution in [0.25, 0.3) is 0 Å². The maximum Gasteiger partial charge on any atom is 0.235 e. The zero-order chi connectivity index (χ0) is 16.0. The van der Waals surface area contributed by atoms with Crippen molar-refractivity contribution < 1.29 is 19.1 Å². The zero-order valence-corrected chi connectivity index (χ0v) is 12.6. The van der Waals surface area contributed by atoms with Gasteiger partial charge in [0, 0.05) is 13.1 Å². The number of nitrogens with one attached hydrogen (secondary N) is 2. The number of benzene rings is 1. The summed E-state index contributed by atoms with van der Waals surface area (Å²) in [5, 5.41) is 14.4. The number of amides is 2. The summed E-state index contributed by atoms with van der Waals surface area (Å²) < 4.78 is 13.2. The molecule has 2 amide bonds. The van der Waals surface area contributed by atoms with Gasteiger partial charge in [-0.1, -0.05) is 31.5 Å². The minimum absolute atomic E-state index is 0.000620. The second kappa shape index (κ2) is 7.95. The van der Waals surface area contributed by atoms with E-state index in [1.165, 1.54) is 12.1 Å². The SMILES string of the molecule is CC.O=C(NCc1ccc(Cl)c(F)c1)C1C(=O)NCC1O. The number of carbonyl (C=O) groups is 2. The van der Waals surface area contributed by atoms with Crippen molar-refractivity contribution in [1.82, 2.24) is 10.6 Å². The number of aliphatic hydroxyl groups excluding tert-OH is 1. The van der Waals surface area contributed by atoms with Crippen molar-refractivity contribution in [3.05, 3.63) is 34.6 Å². The van der Waals surface area contributed by atoms with Gasteiger partial charge in [-0.15, -0.1) is 0 Å². The molecule has 0 aliphatic carbocycles. The van der Waals surface area contributed by atoms with Crippen molar-refractivity contribution >= 4 is 23.4 Å². The van der Waals surface area contributed by atoms with E-state index in [1.54, 1.807) is 6.07 Å². The van der Waals surface area contributed by atoms with Crippen LogP contribution in [-0.2, 0) is 16.1 Å². The lowest BCUT2D eigenvalue weighted by Crippen LogP contribution is -2.39. The highest BCUT2D eigenvalue weighted by molar-refractivity contribution is 6.30. The highest BCUT2D eigenvalue weighted by Crippen LogP contribution is 2.16. The first-order valence-electron chi connectivity index (χ1n) is 6.66. The van der Waals surface area contributed by atoms with Crippen LogP contribution in [0.3, 0.4) is 0 Å². The van der Waals surface area contributed by atoms with E-state index in [2.05, 4.69) is 10.6 Å². The molecule has 1 aromatic rings. The molecule has 21 heavy (non-hydrogen) atoms. The Morgan fingerprint density at radius 2 is 2.19 bits per heavy atom. The predicted molar refractivity (Wildman–Crippen MR) is 77.1 cm³/mol. The lowest BCUT2D eigenvalue weighted by molar-refractivity contribution is -0.135. The quantitative estimate of drug-likeness (QED) is 0.734. The van der Waals surface area contributed by atoms with E-state index in [0.29, 0.717) is 5.56 Å². The summed E-state index contributed by atoms with van der Waals surface area (Å²) in [6, 6.07) is 4.15. The molecular weight excluding hydrogens is 299 g/mol. The van der Waals surface area contributed by atoms with E-state index in [-0.39, 0.29) is 18.1 Å². The summed E-state index contributed by atoms with van der Waals surface area (Å²) in [6.07, 6.45) is -1.03. The minimum atomic E-state index is -1.11. The van der Waals surface area contributed by atoms with Crippen molar-refractivity contribution in [3.8, 4) is 0 Å². The van der Waals surface area contributed by atoms with Crippen molar-refractivity contribution in [2.24, 2.45) is 5.92 Å². The molecule has 2 rings (SSSR count). The molecule has 1 heterocycles. The molecule has 0 bridgehead atoms. The molecule has 1 aliphatic heterocycles. The van der Waals surface area contributed by atoms with Gasteiger partial charge in [0.05, 0.1) is 11.1 Å². The second-order valence-corrected chi connectivity index (χ2v) is 4.66. The Morgan fingerprint density at radius 1 is 1.52 bits per heavy atom. The molecule has 116 valence electrons. The van der Waals surface area contributed by atoms with Gasteiger partial charge in [0.15, 0.2) is 0 Å².